The first-order valence-corrected chi connectivity index (χ1v) is 9.48. The molecule has 0 aromatic heterocycles. The minimum Gasteiger partial charge on any atom is -0.489 e. The summed E-state index contributed by atoms with van der Waals surface area (Å²) in [5, 5.41) is 4.21. The fourth-order valence-corrected chi connectivity index (χ4v) is 2.96. The number of allylic oxidation sites excluding steroid dienone is 1. The smallest absolute Gasteiger partial charge is 0.187 e. The number of halogens is 2. The lowest BCUT2D eigenvalue weighted by Crippen LogP contribution is -1.99. The van der Waals surface area contributed by atoms with Crippen molar-refractivity contribution in [3.63, 3.8) is 0 Å². The Morgan fingerprint density at radius 3 is 2.57 bits per heavy atom. The van der Waals surface area contributed by atoms with Crippen LogP contribution in [-0.2, 0) is 6.61 Å². The lowest BCUT2D eigenvalue weighted by molar-refractivity contribution is 0.104. The Bertz CT molecular complexity index is 998. The highest BCUT2D eigenvalue weighted by Gasteiger charge is 2.06. The van der Waals surface area contributed by atoms with Gasteiger partial charge in [-0.25, -0.2) is 0 Å². The van der Waals surface area contributed by atoms with Gasteiger partial charge in [0.2, 0.25) is 0 Å². The van der Waals surface area contributed by atoms with Crippen LogP contribution < -0.4 is 10.1 Å². The molecule has 0 heterocycles. The predicted molar refractivity (Wildman–Crippen MR) is 116 cm³/mol. The van der Waals surface area contributed by atoms with E-state index in [1.165, 1.54) is 11.6 Å². The van der Waals surface area contributed by atoms with Gasteiger partial charge in [-0.3, -0.25) is 4.79 Å². The highest BCUT2D eigenvalue weighted by molar-refractivity contribution is 6.35. The van der Waals surface area contributed by atoms with Gasteiger partial charge in [0.05, 0.1) is 0 Å². The van der Waals surface area contributed by atoms with E-state index in [0.717, 1.165) is 11.3 Å². The zero-order valence-electron chi connectivity index (χ0n) is 15.3. The summed E-state index contributed by atoms with van der Waals surface area (Å²) in [7, 11) is 0. The molecule has 5 heteroatoms. The van der Waals surface area contributed by atoms with Gasteiger partial charge in [-0.2, -0.15) is 0 Å². The molecule has 0 unspecified atom stereocenters. The molecule has 3 rings (SSSR count). The third kappa shape index (κ3) is 5.62. The fraction of sp³-hybridized carbons (Fsp3) is 0.0870. The molecule has 0 saturated heterocycles. The molecule has 3 aromatic carbocycles. The molecular formula is C23H19Cl2NO2. The number of ether oxygens (including phenoxy) is 1. The van der Waals surface area contributed by atoms with E-state index in [9.17, 15) is 4.79 Å². The van der Waals surface area contributed by atoms with Crippen molar-refractivity contribution >= 4 is 34.7 Å². The van der Waals surface area contributed by atoms with Crippen LogP contribution in [-0.4, -0.2) is 5.78 Å². The van der Waals surface area contributed by atoms with Gasteiger partial charge in [-0.1, -0.05) is 59.1 Å². The van der Waals surface area contributed by atoms with Gasteiger partial charge in [0.15, 0.2) is 5.78 Å². The van der Waals surface area contributed by atoms with Crippen molar-refractivity contribution in [2.24, 2.45) is 0 Å². The molecule has 142 valence electrons. The van der Waals surface area contributed by atoms with Crippen molar-refractivity contribution in [2.75, 3.05) is 5.32 Å². The number of hydrogen-bond donors (Lipinski definition) is 1. The van der Waals surface area contributed by atoms with Crippen molar-refractivity contribution in [2.45, 2.75) is 13.5 Å². The quantitative estimate of drug-likeness (QED) is 0.347. The monoisotopic (exact) mass is 411 g/mol. The molecule has 0 atom stereocenters. The van der Waals surface area contributed by atoms with Crippen LogP contribution in [0.3, 0.4) is 0 Å². The summed E-state index contributed by atoms with van der Waals surface area (Å²) in [6, 6.07) is 20.2. The molecule has 0 radical (unpaired) electrons. The van der Waals surface area contributed by atoms with E-state index < -0.39 is 0 Å². The average molecular weight is 412 g/mol. The number of carbonyl (C=O) groups is 1. The molecule has 0 aliphatic carbocycles. The minimum atomic E-state index is -0.116. The summed E-state index contributed by atoms with van der Waals surface area (Å²) in [6.45, 7) is 2.32. The van der Waals surface area contributed by atoms with Crippen LogP contribution in [0.15, 0.2) is 79.0 Å². The van der Waals surface area contributed by atoms with Gasteiger partial charge >= 0.3 is 0 Å². The summed E-state index contributed by atoms with van der Waals surface area (Å²) >= 11 is 12.1. The molecule has 0 fully saturated rings. The minimum absolute atomic E-state index is 0.116. The molecule has 0 bridgehead atoms. The Labute approximate surface area is 174 Å². The average Bonchev–Trinajstić information content (AvgIpc) is 2.69. The number of rotatable bonds is 7. The first kappa shape index (κ1) is 20.0. The summed E-state index contributed by atoms with van der Waals surface area (Å²) in [5.41, 5.74) is 3.47. The van der Waals surface area contributed by atoms with Crippen LogP contribution in [0.25, 0.3) is 0 Å². The number of nitrogens with one attached hydrogen (secondary N) is 1. The highest BCUT2D eigenvalue weighted by Crippen LogP contribution is 2.23. The number of hydrogen-bond acceptors (Lipinski definition) is 3. The van der Waals surface area contributed by atoms with Gasteiger partial charge in [-0.05, 0) is 43.3 Å². The Hall–Kier alpha value is -2.75. The highest BCUT2D eigenvalue weighted by atomic mass is 35.5. The zero-order valence-corrected chi connectivity index (χ0v) is 16.8. The van der Waals surface area contributed by atoms with Crippen molar-refractivity contribution in [1.29, 1.82) is 0 Å². The van der Waals surface area contributed by atoms with Crippen LogP contribution in [0.5, 0.6) is 5.75 Å². The third-order valence-corrected chi connectivity index (χ3v) is 4.65. The maximum Gasteiger partial charge on any atom is 0.187 e. The molecule has 3 aromatic rings. The van der Waals surface area contributed by atoms with Crippen molar-refractivity contribution < 1.29 is 9.53 Å². The van der Waals surface area contributed by atoms with Gasteiger partial charge in [-0.15, -0.1) is 0 Å². The lowest BCUT2D eigenvalue weighted by atomic mass is 10.1. The standard InChI is InChI=1S/C23H19Cl2NO2/c1-16-5-9-20(10-6-16)26-12-11-23(27)17-3-2-4-21(13-17)28-15-18-7-8-19(24)14-22(18)25/h2-14,26H,15H2,1H3. The van der Waals surface area contributed by atoms with Gasteiger partial charge < -0.3 is 10.1 Å². The van der Waals surface area contributed by atoms with E-state index in [-0.39, 0.29) is 5.78 Å². The second-order valence-electron chi connectivity index (χ2n) is 6.26. The molecule has 0 amide bonds. The third-order valence-electron chi connectivity index (χ3n) is 4.06. The van der Waals surface area contributed by atoms with Crippen molar-refractivity contribution in [3.05, 3.63) is 106 Å². The van der Waals surface area contributed by atoms with Crippen molar-refractivity contribution in [3.8, 4) is 5.75 Å². The Balaban J connectivity index is 1.60. The molecule has 3 nitrogen and oxygen atoms in total. The first-order valence-electron chi connectivity index (χ1n) is 8.72. The summed E-state index contributed by atoms with van der Waals surface area (Å²) in [4.78, 5) is 12.4. The largest absolute Gasteiger partial charge is 0.489 e. The zero-order chi connectivity index (χ0) is 19.9. The molecule has 0 aliphatic rings. The topological polar surface area (TPSA) is 38.3 Å². The number of benzene rings is 3. The maximum atomic E-state index is 12.4. The molecule has 0 saturated carbocycles. The second-order valence-corrected chi connectivity index (χ2v) is 7.10. The number of aryl methyl sites for hydroxylation is 1. The molecule has 28 heavy (non-hydrogen) atoms. The van der Waals surface area contributed by atoms with E-state index >= 15 is 0 Å². The van der Waals surface area contributed by atoms with Crippen LogP contribution in [0.2, 0.25) is 10.0 Å². The maximum absolute atomic E-state index is 12.4. The fourth-order valence-electron chi connectivity index (χ4n) is 2.50. The summed E-state index contributed by atoms with van der Waals surface area (Å²) < 4.78 is 5.77. The Morgan fingerprint density at radius 1 is 1.04 bits per heavy atom. The SMILES string of the molecule is Cc1ccc(NC=CC(=O)c2cccc(OCc3ccc(Cl)cc3Cl)c2)cc1. The molecular weight excluding hydrogens is 393 g/mol. The predicted octanol–water partition coefficient (Wildman–Crippen LogP) is 6.69. The normalized spacial score (nSPS) is 10.8. The van der Waals surface area contributed by atoms with E-state index in [1.807, 2.05) is 37.3 Å². The Kier molecular flexibility index (Phi) is 6.75. The van der Waals surface area contributed by atoms with Crippen molar-refractivity contribution in [1.82, 2.24) is 0 Å². The van der Waals surface area contributed by atoms with E-state index in [0.29, 0.717) is 28.0 Å². The van der Waals surface area contributed by atoms with Crippen LogP contribution in [0.1, 0.15) is 21.5 Å². The van der Waals surface area contributed by atoms with Gasteiger partial charge in [0, 0.05) is 39.1 Å². The van der Waals surface area contributed by atoms with Crippen LogP contribution in [0, 0.1) is 6.92 Å². The molecule has 0 spiro atoms. The van der Waals surface area contributed by atoms with Crippen LogP contribution in [0.4, 0.5) is 5.69 Å². The number of anilines is 1. The molecule has 1 N–H and O–H groups in total. The van der Waals surface area contributed by atoms with E-state index in [1.54, 1.807) is 42.6 Å². The summed E-state index contributed by atoms with van der Waals surface area (Å²) in [5.74, 6) is 0.478. The number of ketones is 1. The second kappa shape index (κ2) is 9.45. The van der Waals surface area contributed by atoms with E-state index in [2.05, 4.69) is 5.32 Å². The number of carbonyl (C=O) groups excluding carboxylic acids is 1. The van der Waals surface area contributed by atoms with E-state index in [4.69, 9.17) is 27.9 Å². The lowest BCUT2D eigenvalue weighted by Gasteiger charge is -2.09. The molecule has 0 aliphatic heterocycles. The summed E-state index contributed by atoms with van der Waals surface area (Å²) in [6.07, 6.45) is 3.13. The Morgan fingerprint density at radius 2 is 1.82 bits per heavy atom. The van der Waals surface area contributed by atoms with Crippen LogP contribution >= 0.6 is 23.2 Å². The van der Waals surface area contributed by atoms with Gasteiger partial charge in [0.25, 0.3) is 0 Å². The van der Waals surface area contributed by atoms with Gasteiger partial charge in [0.1, 0.15) is 12.4 Å². The first-order chi connectivity index (χ1) is 13.5.